The maximum absolute atomic E-state index is 12.7. The number of amides is 2. The summed E-state index contributed by atoms with van der Waals surface area (Å²) in [5.41, 5.74) is 2.34. The molecule has 3 heterocycles. The van der Waals surface area contributed by atoms with E-state index in [2.05, 4.69) is 11.2 Å². The molecular weight excluding hydrogens is 356 g/mol. The van der Waals surface area contributed by atoms with Crippen LogP contribution >= 0.6 is 0 Å². The zero-order valence-corrected chi connectivity index (χ0v) is 16.6. The van der Waals surface area contributed by atoms with Gasteiger partial charge in [-0.1, -0.05) is 24.3 Å². The third-order valence-electron chi connectivity index (χ3n) is 5.77. The molecule has 2 aromatic rings. The highest BCUT2D eigenvalue weighted by Crippen LogP contribution is 2.49. The van der Waals surface area contributed by atoms with Gasteiger partial charge in [0.1, 0.15) is 0 Å². The smallest absolute Gasteiger partial charge is 0.255 e. The number of hydrogen-bond acceptors (Lipinski definition) is 4. The van der Waals surface area contributed by atoms with Gasteiger partial charge in [-0.05, 0) is 30.0 Å². The zero-order valence-electron chi connectivity index (χ0n) is 16.6. The van der Waals surface area contributed by atoms with E-state index in [0.717, 1.165) is 16.8 Å². The molecule has 1 aromatic carbocycles. The quantitative estimate of drug-likeness (QED) is 0.809. The second-order valence-corrected chi connectivity index (χ2v) is 7.85. The van der Waals surface area contributed by atoms with E-state index in [-0.39, 0.29) is 11.8 Å². The van der Waals surface area contributed by atoms with Crippen LogP contribution in [0.15, 0.2) is 36.5 Å². The molecule has 0 radical (unpaired) electrons. The molecule has 2 aliphatic heterocycles. The van der Waals surface area contributed by atoms with Gasteiger partial charge in [0.15, 0.2) is 6.10 Å². The average molecular weight is 382 g/mol. The van der Waals surface area contributed by atoms with Crippen LogP contribution in [0.2, 0.25) is 0 Å². The Bertz CT molecular complexity index is 897. The van der Waals surface area contributed by atoms with Crippen molar-refractivity contribution in [2.75, 3.05) is 27.2 Å². The fourth-order valence-electron chi connectivity index (χ4n) is 4.24. The van der Waals surface area contributed by atoms with Crippen LogP contribution in [0.25, 0.3) is 0 Å². The number of likely N-dealkylation sites (N-methyl/N-ethyl adjacent to an activating group) is 1. The number of carbonyl (C=O) groups excluding carboxylic acids is 2. The Morgan fingerprint density at radius 2 is 1.93 bits per heavy atom. The molecule has 1 fully saturated rings. The van der Waals surface area contributed by atoms with Crippen molar-refractivity contribution in [3.63, 3.8) is 0 Å². The summed E-state index contributed by atoms with van der Waals surface area (Å²) in [5.74, 6) is 0.0405. The van der Waals surface area contributed by atoms with Crippen molar-refractivity contribution in [2.45, 2.75) is 31.0 Å². The summed E-state index contributed by atoms with van der Waals surface area (Å²) in [4.78, 5) is 28.8. The first-order valence-electron chi connectivity index (χ1n) is 9.64. The first-order chi connectivity index (χ1) is 13.4. The Morgan fingerprint density at radius 1 is 1.21 bits per heavy atom. The van der Waals surface area contributed by atoms with Gasteiger partial charge in [0, 0.05) is 40.4 Å². The molecule has 1 aromatic heterocycles. The largest absolute Gasteiger partial charge is 0.352 e. The Kier molecular flexibility index (Phi) is 4.71. The predicted molar refractivity (Wildman–Crippen MR) is 103 cm³/mol. The molecule has 4 rings (SSSR count). The van der Waals surface area contributed by atoms with Gasteiger partial charge in [-0.2, -0.15) is 5.10 Å². The Morgan fingerprint density at radius 3 is 2.57 bits per heavy atom. The molecule has 0 aliphatic carbocycles. The van der Waals surface area contributed by atoms with Crippen molar-refractivity contribution in [1.82, 2.24) is 19.6 Å². The van der Waals surface area contributed by atoms with Gasteiger partial charge < -0.3 is 14.5 Å². The van der Waals surface area contributed by atoms with Crippen LogP contribution in [-0.4, -0.2) is 58.6 Å². The fourth-order valence-corrected chi connectivity index (χ4v) is 4.24. The minimum atomic E-state index is -0.568. The minimum absolute atomic E-state index is 0.0435. The topological polar surface area (TPSA) is 67.7 Å². The van der Waals surface area contributed by atoms with Crippen molar-refractivity contribution >= 4 is 11.8 Å². The van der Waals surface area contributed by atoms with Crippen LogP contribution in [-0.2, 0) is 33.4 Å². The molecule has 0 unspecified atom stereocenters. The molecule has 1 spiro atoms. The van der Waals surface area contributed by atoms with E-state index in [1.54, 1.807) is 23.7 Å². The van der Waals surface area contributed by atoms with Crippen LogP contribution in [0.4, 0.5) is 0 Å². The standard InChI is InChI=1S/C21H26N4O3/c1-23(2)20(27)19-16-6-4-5-7-17(16)21(28-19)9-12-25(13-10-21)18(26)14-15-8-11-24(3)22-15/h4-8,11,19H,9-10,12-14H2,1-3H3/t19-/m1/s1. The lowest BCUT2D eigenvalue weighted by atomic mass is 9.83. The summed E-state index contributed by atoms with van der Waals surface area (Å²) in [6, 6.07) is 9.85. The molecular formula is C21H26N4O3. The van der Waals surface area contributed by atoms with Crippen LogP contribution in [0.3, 0.4) is 0 Å². The normalized spacial score (nSPS) is 20.2. The molecule has 148 valence electrons. The first-order valence-corrected chi connectivity index (χ1v) is 9.64. The molecule has 0 bridgehead atoms. The lowest BCUT2D eigenvalue weighted by Crippen LogP contribution is -2.46. The number of aryl methyl sites for hydroxylation is 1. The first kappa shape index (κ1) is 18.7. The Hall–Kier alpha value is -2.67. The number of ether oxygens (including phenoxy) is 1. The lowest BCUT2D eigenvalue weighted by Gasteiger charge is -2.39. The monoisotopic (exact) mass is 382 g/mol. The molecule has 1 atom stereocenters. The second-order valence-electron chi connectivity index (χ2n) is 7.85. The van der Waals surface area contributed by atoms with E-state index in [1.807, 2.05) is 42.4 Å². The molecule has 28 heavy (non-hydrogen) atoms. The van der Waals surface area contributed by atoms with Crippen LogP contribution < -0.4 is 0 Å². The highest BCUT2D eigenvalue weighted by atomic mass is 16.5. The number of carbonyl (C=O) groups is 2. The van der Waals surface area contributed by atoms with Crippen LogP contribution in [0.1, 0.15) is 35.8 Å². The molecule has 2 amide bonds. The lowest BCUT2D eigenvalue weighted by molar-refractivity contribution is -0.161. The third kappa shape index (κ3) is 3.20. The number of aromatic nitrogens is 2. The van der Waals surface area contributed by atoms with Gasteiger partial charge in [0.2, 0.25) is 5.91 Å². The maximum atomic E-state index is 12.7. The summed E-state index contributed by atoms with van der Waals surface area (Å²) in [5, 5.41) is 4.29. The molecule has 7 heteroatoms. The van der Waals surface area contributed by atoms with Crippen molar-refractivity contribution in [3.05, 3.63) is 53.3 Å². The van der Waals surface area contributed by atoms with Gasteiger partial charge >= 0.3 is 0 Å². The summed E-state index contributed by atoms with van der Waals surface area (Å²) in [6.07, 6.45) is 2.97. The van der Waals surface area contributed by atoms with Crippen LogP contribution in [0.5, 0.6) is 0 Å². The zero-order chi connectivity index (χ0) is 19.9. The fraction of sp³-hybridized carbons (Fsp3) is 0.476. The Balaban J connectivity index is 1.49. The number of hydrogen-bond donors (Lipinski definition) is 0. The van der Waals surface area contributed by atoms with Gasteiger partial charge in [-0.25, -0.2) is 0 Å². The number of piperidine rings is 1. The van der Waals surface area contributed by atoms with Crippen LogP contribution in [0, 0.1) is 0 Å². The van der Waals surface area contributed by atoms with E-state index in [0.29, 0.717) is 32.4 Å². The molecule has 2 aliphatic rings. The van der Waals surface area contributed by atoms with E-state index in [4.69, 9.17) is 4.74 Å². The number of benzene rings is 1. The van der Waals surface area contributed by atoms with E-state index in [1.165, 1.54) is 0 Å². The maximum Gasteiger partial charge on any atom is 0.255 e. The highest BCUT2D eigenvalue weighted by Gasteiger charge is 2.49. The molecule has 0 N–H and O–H groups in total. The Labute approximate surface area is 164 Å². The van der Waals surface area contributed by atoms with Gasteiger partial charge in [-0.3, -0.25) is 14.3 Å². The van der Waals surface area contributed by atoms with Gasteiger partial charge in [0.05, 0.1) is 17.7 Å². The summed E-state index contributed by atoms with van der Waals surface area (Å²) >= 11 is 0. The minimum Gasteiger partial charge on any atom is -0.352 e. The summed E-state index contributed by atoms with van der Waals surface area (Å²) in [6.45, 7) is 1.23. The number of likely N-dealkylation sites (tertiary alicyclic amines) is 1. The van der Waals surface area contributed by atoms with E-state index >= 15 is 0 Å². The highest BCUT2D eigenvalue weighted by molar-refractivity contribution is 5.83. The molecule has 0 saturated carbocycles. The summed E-state index contributed by atoms with van der Waals surface area (Å²) in [7, 11) is 5.34. The van der Waals surface area contributed by atoms with Gasteiger partial charge in [-0.15, -0.1) is 0 Å². The van der Waals surface area contributed by atoms with Crippen molar-refractivity contribution in [1.29, 1.82) is 0 Å². The molecule has 1 saturated heterocycles. The third-order valence-corrected chi connectivity index (χ3v) is 5.77. The molecule has 7 nitrogen and oxygen atoms in total. The van der Waals surface area contributed by atoms with Crippen molar-refractivity contribution < 1.29 is 14.3 Å². The number of rotatable bonds is 3. The van der Waals surface area contributed by atoms with Gasteiger partial charge in [0.25, 0.3) is 5.91 Å². The average Bonchev–Trinajstić information content (AvgIpc) is 3.23. The van der Waals surface area contributed by atoms with Crippen molar-refractivity contribution in [2.24, 2.45) is 7.05 Å². The number of nitrogens with zero attached hydrogens (tertiary/aromatic N) is 4. The van der Waals surface area contributed by atoms with E-state index < -0.39 is 11.7 Å². The number of fused-ring (bicyclic) bond motifs is 2. The predicted octanol–water partition coefficient (Wildman–Crippen LogP) is 1.64. The SMILES string of the molecule is CN(C)C(=O)[C@@H]1OC2(CCN(C(=O)Cc3ccn(C)n3)CC2)c2ccccc21. The van der Waals surface area contributed by atoms with Crippen molar-refractivity contribution in [3.8, 4) is 0 Å². The van der Waals surface area contributed by atoms with E-state index in [9.17, 15) is 9.59 Å². The summed E-state index contributed by atoms with van der Waals surface area (Å²) < 4.78 is 8.10. The second kappa shape index (κ2) is 7.05.